The number of carbonyl (C=O) groups is 2. The number of nitriles is 1. The summed E-state index contributed by atoms with van der Waals surface area (Å²) in [5, 5.41) is 8.93. The Balaban J connectivity index is 1.24. The SMILES string of the molecule is Cc1cc(C2CCC2)c(C=O)cc1C(=O)N1CC2(C1)CN(c1ccc(C#N)cc1)C2. The lowest BCUT2D eigenvalue weighted by Crippen LogP contribution is -2.73. The number of benzene rings is 2. The highest BCUT2D eigenvalue weighted by Crippen LogP contribution is 2.43. The molecule has 3 aliphatic rings. The molecule has 3 fully saturated rings. The summed E-state index contributed by atoms with van der Waals surface area (Å²) in [6.45, 7) is 5.37. The van der Waals surface area contributed by atoms with Crippen molar-refractivity contribution in [1.29, 1.82) is 5.26 Å². The van der Waals surface area contributed by atoms with Crippen molar-refractivity contribution in [2.45, 2.75) is 32.1 Å². The van der Waals surface area contributed by atoms with Crippen molar-refractivity contribution in [2.75, 3.05) is 31.1 Å². The van der Waals surface area contributed by atoms with Gasteiger partial charge in [0.25, 0.3) is 5.91 Å². The average molecular weight is 399 g/mol. The maximum absolute atomic E-state index is 13.1. The molecule has 0 atom stereocenters. The number of nitrogens with zero attached hydrogens (tertiary/aromatic N) is 3. The van der Waals surface area contributed by atoms with Crippen molar-refractivity contribution < 1.29 is 9.59 Å². The molecule has 5 rings (SSSR count). The van der Waals surface area contributed by atoms with Crippen LogP contribution in [0.1, 0.15) is 62.6 Å². The predicted molar refractivity (Wildman–Crippen MR) is 115 cm³/mol. The van der Waals surface area contributed by atoms with E-state index in [-0.39, 0.29) is 11.3 Å². The van der Waals surface area contributed by atoms with Crippen molar-refractivity contribution in [2.24, 2.45) is 5.41 Å². The molecule has 1 spiro atoms. The van der Waals surface area contributed by atoms with Gasteiger partial charge < -0.3 is 9.80 Å². The minimum Gasteiger partial charge on any atom is -0.370 e. The summed E-state index contributed by atoms with van der Waals surface area (Å²) in [6.07, 6.45) is 4.40. The molecule has 5 heteroatoms. The lowest BCUT2D eigenvalue weighted by Gasteiger charge is -2.61. The fourth-order valence-electron chi connectivity index (χ4n) is 5.12. The number of likely N-dealkylation sites (tertiary alicyclic amines) is 1. The van der Waals surface area contributed by atoms with Crippen LogP contribution in [0.4, 0.5) is 5.69 Å². The molecule has 1 saturated carbocycles. The number of rotatable bonds is 4. The van der Waals surface area contributed by atoms with Gasteiger partial charge in [0.1, 0.15) is 6.29 Å². The predicted octanol–water partition coefficient (Wildman–Crippen LogP) is 3.91. The first-order valence-electron chi connectivity index (χ1n) is 10.7. The highest BCUT2D eigenvalue weighted by atomic mass is 16.2. The molecule has 0 aromatic heterocycles. The first kappa shape index (κ1) is 18.9. The maximum atomic E-state index is 13.1. The molecule has 152 valence electrons. The molecule has 0 bridgehead atoms. The Kier molecular flexibility index (Phi) is 4.39. The van der Waals surface area contributed by atoms with E-state index in [1.165, 1.54) is 6.42 Å². The van der Waals surface area contributed by atoms with E-state index in [0.29, 0.717) is 22.6 Å². The van der Waals surface area contributed by atoms with E-state index >= 15 is 0 Å². The van der Waals surface area contributed by atoms with E-state index in [0.717, 1.165) is 62.1 Å². The van der Waals surface area contributed by atoms with E-state index in [1.807, 2.05) is 42.2 Å². The van der Waals surface area contributed by atoms with Crippen LogP contribution in [-0.2, 0) is 0 Å². The normalized spacial score (nSPS) is 19.5. The van der Waals surface area contributed by atoms with Gasteiger partial charge in [0.2, 0.25) is 0 Å². The summed E-state index contributed by atoms with van der Waals surface area (Å²) >= 11 is 0. The van der Waals surface area contributed by atoms with E-state index in [9.17, 15) is 9.59 Å². The third-order valence-electron chi connectivity index (χ3n) is 7.09. The maximum Gasteiger partial charge on any atom is 0.254 e. The van der Waals surface area contributed by atoms with Gasteiger partial charge in [-0.3, -0.25) is 9.59 Å². The molecule has 2 aromatic carbocycles. The van der Waals surface area contributed by atoms with Gasteiger partial charge in [0.15, 0.2) is 0 Å². The van der Waals surface area contributed by atoms with Crippen LogP contribution in [0.5, 0.6) is 0 Å². The number of carbonyl (C=O) groups excluding carboxylic acids is 2. The van der Waals surface area contributed by atoms with Crippen LogP contribution in [0, 0.1) is 23.7 Å². The minimum atomic E-state index is 0.0400. The quantitative estimate of drug-likeness (QED) is 0.731. The Hall–Kier alpha value is -3.13. The second-order valence-electron chi connectivity index (χ2n) is 9.22. The lowest BCUT2D eigenvalue weighted by atomic mass is 9.72. The summed E-state index contributed by atoms with van der Waals surface area (Å²) in [5.41, 5.74) is 5.41. The van der Waals surface area contributed by atoms with E-state index in [2.05, 4.69) is 17.0 Å². The molecule has 2 heterocycles. The number of aryl methyl sites for hydroxylation is 1. The van der Waals surface area contributed by atoms with Crippen molar-refractivity contribution in [3.8, 4) is 6.07 Å². The van der Waals surface area contributed by atoms with Crippen LogP contribution in [0.3, 0.4) is 0 Å². The molecule has 2 aliphatic heterocycles. The van der Waals surface area contributed by atoms with Crippen molar-refractivity contribution in [3.63, 3.8) is 0 Å². The van der Waals surface area contributed by atoms with Crippen LogP contribution >= 0.6 is 0 Å². The molecule has 0 unspecified atom stereocenters. The molecule has 0 radical (unpaired) electrons. The van der Waals surface area contributed by atoms with Gasteiger partial charge in [-0.1, -0.05) is 12.5 Å². The molecule has 1 amide bonds. The van der Waals surface area contributed by atoms with Gasteiger partial charge in [-0.2, -0.15) is 5.26 Å². The van der Waals surface area contributed by atoms with Gasteiger partial charge in [-0.25, -0.2) is 0 Å². The molecule has 30 heavy (non-hydrogen) atoms. The summed E-state index contributed by atoms with van der Waals surface area (Å²) in [4.78, 5) is 28.9. The first-order chi connectivity index (χ1) is 14.5. The average Bonchev–Trinajstić information content (AvgIpc) is 2.65. The zero-order chi connectivity index (χ0) is 20.9. The largest absolute Gasteiger partial charge is 0.370 e. The number of anilines is 1. The Morgan fingerprint density at radius 3 is 2.40 bits per heavy atom. The second-order valence-corrected chi connectivity index (χ2v) is 9.22. The molecule has 2 saturated heterocycles. The van der Waals surface area contributed by atoms with Gasteiger partial charge in [0, 0.05) is 48.4 Å². The Labute approximate surface area is 176 Å². The van der Waals surface area contributed by atoms with Crippen LogP contribution < -0.4 is 4.90 Å². The summed E-state index contributed by atoms with van der Waals surface area (Å²) in [7, 11) is 0. The van der Waals surface area contributed by atoms with Crippen LogP contribution in [0.15, 0.2) is 36.4 Å². The smallest absolute Gasteiger partial charge is 0.254 e. The Morgan fingerprint density at radius 2 is 1.83 bits per heavy atom. The molecule has 0 N–H and O–H groups in total. The topological polar surface area (TPSA) is 64.4 Å². The van der Waals surface area contributed by atoms with Crippen LogP contribution in [0.2, 0.25) is 0 Å². The summed E-state index contributed by atoms with van der Waals surface area (Å²) in [6, 6.07) is 13.7. The fraction of sp³-hybridized carbons (Fsp3) is 0.400. The lowest BCUT2D eigenvalue weighted by molar-refractivity contribution is -0.0105. The second kappa shape index (κ2) is 6.98. The third-order valence-corrected chi connectivity index (χ3v) is 7.09. The van der Waals surface area contributed by atoms with Crippen LogP contribution in [-0.4, -0.2) is 43.3 Å². The molecular formula is C25H25N3O2. The van der Waals surface area contributed by atoms with Crippen molar-refractivity contribution in [3.05, 3.63) is 64.2 Å². The Morgan fingerprint density at radius 1 is 1.13 bits per heavy atom. The number of aldehydes is 1. The van der Waals surface area contributed by atoms with Crippen molar-refractivity contribution in [1.82, 2.24) is 4.90 Å². The first-order valence-corrected chi connectivity index (χ1v) is 10.7. The van der Waals surface area contributed by atoms with E-state index in [1.54, 1.807) is 0 Å². The molecule has 2 aromatic rings. The van der Waals surface area contributed by atoms with Crippen molar-refractivity contribution >= 4 is 17.9 Å². The molecule has 1 aliphatic carbocycles. The summed E-state index contributed by atoms with van der Waals surface area (Å²) < 4.78 is 0. The Bertz CT molecular complexity index is 1050. The minimum absolute atomic E-state index is 0.0400. The molecule has 5 nitrogen and oxygen atoms in total. The standard InChI is InChI=1S/C25H25N3O2/c1-17-9-23(19-3-2-4-19)20(12-29)10-22(17)24(30)28-15-25(16-28)13-27(14-25)21-7-5-18(11-26)6-8-21/h5-10,12,19H,2-4,13-16H2,1H3. The number of hydrogen-bond acceptors (Lipinski definition) is 4. The van der Waals surface area contributed by atoms with Gasteiger partial charge in [0.05, 0.1) is 11.6 Å². The van der Waals surface area contributed by atoms with Gasteiger partial charge in [-0.05, 0) is 67.1 Å². The number of hydrogen-bond donors (Lipinski definition) is 0. The van der Waals surface area contributed by atoms with Crippen LogP contribution in [0.25, 0.3) is 0 Å². The number of amides is 1. The zero-order valence-corrected chi connectivity index (χ0v) is 17.2. The molecular weight excluding hydrogens is 374 g/mol. The highest BCUT2D eigenvalue weighted by molar-refractivity contribution is 5.98. The van der Waals surface area contributed by atoms with E-state index < -0.39 is 0 Å². The summed E-state index contributed by atoms with van der Waals surface area (Å²) in [5.74, 6) is 0.515. The third kappa shape index (κ3) is 2.99. The van der Waals surface area contributed by atoms with E-state index in [4.69, 9.17) is 5.26 Å². The monoisotopic (exact) mass is 399 g/mol. The van der Waals surface area contributed by atoms with Gasteiger partial charge >= 0.3 is 0 Å². The zero-order valence-electron chi connectivity index (χ0n) is 17.2. The van der Waals surface area contributed by atoms with Gasteiger partial charge in [-0.15, -0.1) is 0 Å². The highest BCUT2D eigenvalue weighted by Gasteiger charge is 2.53. The fourth-order valence-corrected chi connectivity index (χ4v) is 5.12.